The van der Waals surface area contributed by atoms with Crippen LogP contribution in [0.3, 0.4) is 0 Å². The van der Waals surface area contributed by atoms with Crippen LogP contribution in [0.2, 0.25) is 0 Å². The Bertz CT molecular complexity index is 271. The van der Waals surface area contributed by atoms with Crippen LogP contribution in [0.5, 0.6) is 0 Å². The fourth-order valence-electron chi connectivity index (χ4n) is 1.48. The number of rotatable bonds is 2. The van der Waals surface area contributed by atoms with Gasteiger partial charge in [0.25, 0.3) is 0 Å². The number of hydrogen-bond donors (Lipinski definition) is 1. The molecule has 72 valence electrons. The minimum atomic E-state index is -0.726. The van der Waals surface area contributed by atoms with Gasteiger partial charge in [-0.2, -0.15) is 0 Å². The summed E-state index contributed by atoms with van der Waals surface area (Å²) in [5.41, 5.74) is 0.553. The van der Waals surface area contributed by atoms with E-state index in [4.69, 9.17) is 9.47 Å². The first-order chi connectivity index (χ1) is 6.09. The van der Waals surface area contributed by atoms with E-state index in [0.717, 1.165) is 0 Å². The summed E-state index contributed by atoms with van der Waals surface area (Å²) in [5, 5.41) is 9.65. The van der Waals surface area contributed by atoms with Gasteiger partial charge in [-0.15, -0.1) is 0 Å². The summed E-state index contributed by atoms with van der Waals surface area (Å²) in [6.07, 6.45) is 0.281. The number of carbonyl (C=O) groups excluding carboxylic acids is 1. The van der Waals surface area contributed by atoms with Crippen molar-refractivity contribution in [3.63, 3.8) is 0 Å². The first kappa shape index (κ1) is 8.72. The molecule has 0 radical (unpaired) electrons. The monoisotopic (exact) mass is 184 g/mol. The summed E-state index contributed by atoms with van der Waals surface area (Å²) in [4.78, 5) is 11.0. The molecule has 1 fully saturated rings. The van der Waals surface area contributed by atoms with Gasteiger partial charge in [0.2, 0.25) is 0 Å². The van der Waals surface area contributed by atoms with Gasteiger partial charge in [-0.05, 0) is 19.9 Å². The van der Waals surface area contributed by atoms with Gasteiger partial charge in [0, 0.05) is 5.57 Å². The van der Waals surface area contributed by atoms with Crippen molar-refractivity contribution in [2.75, 3.05) is 0 Å². The van der Waals surface area contributed by atoms with Crippen molar-refractivity contribution in [2.24, 2.45) is 0 Å². The largest absolute Gasteiger partial charge is 0.452 e. The van der Waals surface area contributed by atoms with Gasteiger partial charge in [0.15, 0.2) is 0 Å². The maximum absolute atomic E-state index is 11.0. The summed E-state index contributed by atoms with van der Waals surface area (Å²) in [5.74, 6) is -0.350. The lowest BCUT2D eigenvalue weighted by atomic mass is 10.1. The third-order valence-electron chi connectivity index (χ3n) is 2.41. The molecule has 1 saturated heterocycles. The van der Waals surface area contributed by atoms with Gasteiger partial charge in [-0.1, -0.05) is 0 Å². The normalized spacial score (nSPS) is 39.8. The number of aliphatic hydroxyl groups excluding tert-OH is 1. The molecule has 2 aliphatic heterocycles. The molecule has 4 unspecified atom stereocenters. The van der Waals surface area contributed by atoms with E-state index in [1.165, 1.54) is 0 Å². The van der Waals surface area contributed by atoms with Gasteiger partial charge in [-0.25, -0.2) is 4.79 Å². The van der Waals surface area contributed by atoms with Crippen LogP contribution in [0.4, 0.5) is 0 Å². The quantitative estimate of drug-likeness (QED) is 0.485. The van der Waals surface area contributed by atoms with E-state index in [-0.39, 0.29) is 18.2 Å². The molecule has 0 spiro atoms. The second-order valence-electron chi connectivity index (χ2n) is 3.52. The second-order valence-corrected chi connectivity index (χ2v) is 3.52. The zero-order valence-corrected chi connectivity index (χ0v) is 7.56. The number of epoxide rings is 1. The predicted octanol–water partition coefficient (Wildman–Crippen LogP) is 0.00630. The molecule has 2 heterocycles. The molecular weight excluding hydrogens is 172 g/mol. The van der Waals surface area contributed by atoms with Gasteiger partial charge >= 0.3 is 5.97 Å². The van der Waals surface area contributed by atoms with Crippen LogP contribution >= 0.6 is 0 Å². The Morgan fingerprint density at radius 1 is 1.62 bits per heavy atom. The lowest BCUT2D eigenvalue weighted by Crippen LogP contribution is -2.31. The van der Waals surface area contributed by atoms with Gasteiger partial charge in [-0.3, -0.25) is 0 Å². The summed E-state index contributed by atoms with van der Waals surface area (Å²) in [6.45, 7) is 3.55. The second kappa shape index (κ2) is 2.82. The van der Waals surface area contributed by atoms with E-state index in [2.05, 4.69) is 0 Å². The van der Waals surface area contributed by atoms with E-state index in [0.29, 0.717) is 5.57 Å². The van der Waals surface area contributed by atoms with Crippen LogP contribution in [0, 0.1) is 0 Å². The van der Waals surface area contributed by atoms with E-state index >= 15 is 0 Å². The lowest BCUT2D eigenvalue weighted by Gasteiger charge is -2.13. The molecule has 4 atom stereocenters. The van der Waals surface area contributed by atoms with Crippen LogP contribution in [0.15, 0.2) is 11.6 Å². The van der Waals surface area contributed by atoms with Crippen molar-refractivity contribution in [3.05, 3.63) is 11.6 Å². The Labute approximate surface area is 76.1 Å². The van der Waals surface area contributed by atoms with E-state index in [1.807, 2.05) is 6.92 Å². The zero-order valence-electron chi connectivity index (χ0n) is 7.56. The van der Waals surface area contributed by atoms with Crippen LogP contribution in [0.25, 0.3) is 0 Å². The Balaban J connectivity index is 1.99. The standard InChI is InChI=1S/C9H12O4/c1-4-3-6(13-9(4)11)7(10)8-5(2)12-8/h3,5-8,10H,1-2H3. The highest BCUT2D eigenvalue weighted by atomic mass is 16.6. The topological polar surface area (TPSA) is 59.1 Å². The minimum Gasteiger partial charge on any atom is -0.452 e. The highest BCUT2D eigenvalue weighted by Gasteiger charge is 2.46. The average Bonchev–Trinajstić information content (AvgIpc) is 2.70. The maximum Gasteiger partial charge on any atom is 0.334 e. The average molecular weight is 184 g/mol. The Hall–Kier alpha value is -0.870. The van der Waals surface area contributed by atoms with Crippen LogP contribution in [-0.2, 0) is 14.3 Å². The zero-order chi connectivity index (χ0) is 9.59. The maximum atomic E-state index is 11.0. The molecule has 2 rings (SSSR count). The van der Waals surface area contributed by atoms with E-state index in [1.54, 1.807) is 13.0 Å². The predicted molar refractivity (Wildman–Crippen MR) is 44.0 cm³/mol. The lowest BCUT2D eigenvalue weighted by molar-refractivity contribution is -0.144. The highest BCUT2D eigenvalue weighted by molar-refractivity contribution is 5.90. The third-order valence-corrected chi connectivity index (χ3v) is 2.41. The van der Waals surface area contributed by atoms with Crippen LogP contribution in [-0.4, -0.2) is 35.5 Å². The fourth-order valence-corrected chi connectivity index (χ4v) is 1.48. The van der Waals surface area contributed by atoms with Crippen molar-refractivity contribution in [1.29, 1.82) is 0 Å². The van der Waals surface area contributed by atoms with E-state index in [9.17, 15) is 9.90 Å². The molecule has 0 aromatic rings. The number of ether oxygens (including phenoxy) is 2. The van der Waals surface area contributed by atoms with Crippen LogP contribution < -0.4 is 0 Å². The van der Waals surface area contributed by atoms with Crippen LogP contribution in [0.1, 0.15) is 13.8 Å². The van der Waals surface area contributed by atoms with Crippen molar-refractivity contribution in [3.8, 4) is 0 Å². The summed E-state index contributed by atoms with van der Waals surface area (Å²) in [7, 11) is 0. The molecule has 0 aromatic heterocycles. The Morgan fingerprint density at radius 3 is 2.62 bits per heavy atom. The molecule has 13 heavy (non-hydrogen) atoms. The summed E-state index contributed by atoms with van der Waals surface area (Å²) in [6, 6.07) is 0. The molecular formula is C9H12O4. The molecule has 1 N–H and O–H groups in total. The molecule has 0 saturated carbocycles. The number of cyclic esters (lactones) is 1. The SMILES string of the molecule is CC1=CC(C(O)C2OC2C)OC1=O. The highest BCUT2D eigenvalue weighted by Crippen LogP contribution is 2.29. The molecule has 2 aliphatic rings. The molecule has 0 amide bonds. The Kier molecular flexibility index (Phi) is 1.89. The molecule has 4 heteroatoms. The molecule has 0 aliphatic carbocycles. The van der Waals surface area contributed by atoms with Gasteiger partial charge in [0.1, 0.15) is 18.3 Å². The van der Waals surface area contributed by atoms with Gasteiger partial charge < -0.3 is 14.6 Å². The first-order valence-corrected chi connectivity index (χ1v) is 4.32. The molecule has 4 nitrogen and oxygen atoms in total. The van der Waals surface area contributed by atoms with Crippen molar-refractivity contribution in [2.45, 2.75) is 38.3 Å². The van der Waals surface area contributed by atoms with Gasteiger partial charge in [0.05, 0.1) is 6.10 Å². The number of carbonyl (C=O) groups is 1. The van der Waals surface area contributed by atoms with Crippen molar-refractivity contribution < 1.29 is 19.4 Å². The molecule has 0 aromatic carbocycles. The first-order valence-electron chi connectivity index (χ1n) is 4.32. The Morgan fingerprint density at radius 2 is 2.23 bits per heavy atom. The summed E-state index contributed by atoms with van der Waals surface area (Å²) >= 11 is 0. The number of esters is 1. The summed E-state index contributed by atoms with van der Waals surface area (Å²) < 4.78 is 10.0. The number of aliphatic hydroxyl groups is 1. The van der Waals surface area contributed by atoms with Crippen molar-refractivity contribution in [1.82, 2.24) is 0 Å². The van der Waals surface area contributed by atoms with Crippen molar-refractivity contribution >= 4 is 5.97 Å². The molecule has 0 bridgehead atoms. The fraction of sp³-hybridized carbons (Fsp3) is 0.667. The van der Waals surface area contributed by atoms with E-state index < -0.39 is 12.2 Å². The third kappa shape index (κ3) is 1.47. The smallest absolute Gasteiger partial charge is 0.334 e. The number of hydrogen-bond acceptors (Lipinski definition) is 4. The minimum absolute atomic E-state index is 0.0722.